The number of hydrogen-bond donors (Lipinski definition) is 0. The van der Waals surface area contributed by atoms with Crippen molar-refractivity contribution in [2.75, 3.05) is 6.61 Å². The quantitative estimate of drug-likeness (QED) is 0.641. The standard InChI is InChI=1S/C11H14N2O2/c1-7-6-15-11-9-4-3-5-12(9)8(2)10(14)13(7)11/h3-5,7-8,11H,6H2,1-2H3/t7-,8-,11?/m0/s1. The van der Waals surface area contributed by atoms with Gasteiger partial charge in [0.1, 0.15) is 6.04 Å². The van der Waals surface area contributed by atoms with Gasteiger partial charge in [-0.25, -0.2) is 0 Å². The van der Waals surface area contributed by atoms with Crippen LogP contribution >= 0.6 is 0 Å². The Kier molecular flexibility index (Phi) is 1.71. The van der Waals surface area contributed by atoms with Crippen LogP contribution in [0.4, 0.5) is 0 Å². The van der Waals surface area contributed by atoms with Crippen LogP contribution in [0.5, 0.6) is 0 Å². The largest absolute Gasteiger partial charge is 0.350 e. The van der Waals surface area contributed by atoms with Gasteiger partial charge in [-0.05, 0) is 26.0 Å². The van der Waals surface area contributed by atoms with E-state index in [1.165, 1.54) is 0 Å². The van der Waals surface area contributed by atoms with E-state index in [1.54, 1.807) is 0 Å². The number of aromatic nitrogens is 1. The Morgan fingerprint density at radius 1 is 1.47 bits per heavy atom. The molecule has 4 nitrogen and oxygen atoms in total. The Morgan fingerprint density at radius 2 is 2.27 bits per heavy atom. The van der Waals surface area contributed by atoms with Crippen molar-refractivity contribution in [1.29, 1.82) is 0 Å². The first-order chi connectivity index (χ1) is 7.20. The van der Waals surface area contributed by atoms with Crippen LogP contribution in [0.25, 0.3) is 0 Å². The van der Waals surface area contributed by atoms with Crippen molar-refractivity contribution in [3.63, 3.8) is 0 Å². The van der Waals surface area contributed by atoms with Gasteiger partial charge in [0.25, 0.3) is 0 Å². The summed E-state index contributed by atoms with van der Waals surface area (Å²) in [7, 11) is 0. The van der Waals surface area contributed by atoms with Crippen molar-refractivity contribution in [1.82, 2.24) is 9.47 Å². The third-order valence-corrected chi connectivity index (χ3v) is 3.32. The number of carbonyl (C=O) groups excluding carboxylic acids is 1. The molecule has 0 N–H and O–H groups in total. The first kappa shape index (κ1) is 8.97. The highest BCUT2D eigenvalue weighted by molar-refractivity contribution is 5.82. The van der Waals surface area contributed by atoms with Crippen LogP contribution < -0.4 is 0 Å². The minimum absolute atomic E-state index is 0.101. The predicted molar refractivity (Wildman–Crippen MR) is 54.1 cm³/mol. The molecule has 1 amide bonds. The normalized spacial score (nSPS) is 34.1. The summed E-state index contributed by atoms with van der Waals surface area (Å²) in [6, 6.07) is 4.08. The number of rotatable bonds is 0. The van der Waals surface area contributed by atoms with Crippen LogP contribution in [0, 0.1) is 0 Å². The molecule has 2 aliphatic heterocycles. The second-order valence-electron chi connectivity index (χ2n) is 4.30. The molecule has 0 saturated carbocycles. The fourth-order valence-corrected chi connectivity index (χ4v) is 2.49. The molecule has 2 aliphatic rings. The highest BCUT2D eigenvalue weighted by Gasteiger charge is 2.43. The van der Waals surface area contributed by atoms with Crippen LogP contribution in [0.15, 0.2) is 18.3 Å². The van der Waals surface area contributed by atoms with Gasteiger partial charge in [-0.15, -0.1) is 0 Å². The zero-order chi connectivity index (χ0) is 10.6. The van der Waals surface area contributed by atoms with Crippen LogP contribution in [0.3, 0.4) is 0 Å². The van der Waals surface area contributed by atoms with Crippen molar-refractivity contribution in [3.05, 3.63) is 24.0 Å². The van der Waals surface area contributed by atoms with Gasteiger partial charge in [0, 0.05) is 6.20 Å². The summed E-state index contributed by atoms with van der Waals surface area (Å²) in [6.07, 6.45) is 1.78. The SMILES string of the molecule is C[C@H]1COC2c3cccn3[C@@H](C)C(=O)N21. The zero-order valence-corrected chi connectivity index (χ0v) is 8.88. The molecule has 1 aromatic heterocycles. The Balaban J connectivity index is 2.13. The number of amides is 1. The van der Waals surface area contributed by atoms with Gasteiger partial charge in [0.2, 0.25) is 5.91 Å². The molecular formula is C11H14N2O2. The molecule has 3 atom stereocenters. The number of hydrogen-bond acceptors (Lipinski definition) is 2. The van der Waals surface area contributed by atoms with Crippen molar-refractivity contribution >= 4 is 5.91 Å². The first-order valence-electron chi connectivity index (χ1n) is 5.30. The predicted octanol–water partition coefficient (Wildman–Crippen LogP) is 1.31. The second-order valence-corrected chi connectivity index (χ2v) is 4.30. The molecule has 0 bridgehead atoms. The maximum atomic E-state index is 12.1. The van der Waals surface area contributed by atoms with Crippen LogP contribution in [-0.4, -0.2) is 28.0 Å². The molecule has 3 rings (SSSR count). The molecule has 80 valence electrons. The third kappa shape index (κ3) is 1.03. The zero-order valence-electron chi connectivity index (χ0n) is 8.88. The second kappa shape index (κ2) is 2.85. The van der Waals surface area contributed by atoms with Gasteiger partial charge in [0.05, 0.1) is 18.3 Å². The summed E-state index contributed by atoms with van der Waals surface area (Å²) < 4.78 is 7.66. The van der Waals surface area contributed by atoms with E-state index in [0.29, 0.717) is 6.61 Å². The van der Waals surface area contributed by atoms with E-state index in [-0.39, 0.29) is 24.2 Å². The highest BCUT2D eigenvalue weighted by atomic mass is 16.5. The smallest absolute Gasteiger partial charge is 0.248 e. The summed E-state index contributed by atoms with van der Waals surface area (Å²) in [5.41, 5.74) is 1.09. The lowest BCUT2D eigenvalue weighted by molar-refractivity contribution is -0.144. The summed E-state index contributed by atoms with van der Waals surface area (Å²) in [4.78, 5) is 14.0. The lowest BCUT2D eigenvalue weighted by atomic mass is 10.1. The molecule has 1 aromatic rings. The number of carbonyl (C=O) groups is 1. The molecule has 15 heavy (non-hydrogen) atoms. The van der Waals surface area contributed by atoms with Crippen LogP contribution in [-0.2, 0) is 9.53 Å². The minimum atomic E-state index is -0.168. The molecular weight excluding hydrogens is 192 g/mol. The van der Waals surface area contributed by atoms with Gasteiger partial charge in [-0.1, -0.05) is 0 Å². The van der Waals surface area contributed by atoms with Gasteiger partial charge in [0.15, 0.2) is 6.23 Å². The van der Waals surface area contributed by atoms with Crippen LogP contribution in [0.2, 0.25) is 0 Å². The molecule has 0 radical (unpaired) electrons. The topological polar surface area (TPSA) is 34.5 Å². The average molecular weight is 206 g/mol. The Bertz CT molecular complexity index is 412. The minimum Gasteiger partial charge on any atom is -0.350 e. The fourth-order valence-electron chi connectivity index (χ4n) is 2.49. The van der Waals surface area contributed by atoms with Gasteiger partial charge in [-0.2, -0.15) is 0 Å². The summed E-state index contributed by atoms with van der Waals surface area (Å²) in [6.45, 7) is 4.60. The lowest BCUT2D eigenvalue weighted by Gasteiger charge is -2.35. The average Bonchev–Trinajstić information content (AvgIpc) is 2.80. The summed E-state index contributed by atoms with van der Waals surface area (Å²) in [5, 5.41) is 0. The Hall–Kier alpha value is -1.29. The Labute approximate surface area is 88.4 Å². The molecule has 0 aliphatic carbocycles. The molecule has 3 heterocycles. The van der Waals surface area contributed by atoms with Crippen molar-refractivity contribution in [2.24, 2.45) is 0 Å². The monoisotopic (exact) mass is 206 g/mol. The lowest BCUT2D eigenvalue weighted by Crippen LogP contribution is -2.45. The van der Waals surface area contributed by atoms with Crippen molar-refractivity contribution in [3.8, 4) is 0 Å². The van der Waals surface area contributed by atoms with E-state index in [4.69, 9.17) is 4.74 Å². The molecule has 1 unspecified atom stereocenters. The van der Waals surface area contributed by atoms with Crippen LogP contribution in [0.1, 0.15) is 31.8 Å². The number of nitrogens with zero attached hydrogens (tertiary/aromatic N) is 2. The van der Waals surface area contributed by atoms with E-state index in [0.717, 1.165) is 5.69 Å². The first-order valence-corrected chi connectivity index (χ1v) is 5.30. The van der Waals surface area contributed by atoms with Gasteiger partial charge < -0.3 is 14.2 Å². The van der Waals surface area contributed by atoms with Crippen molar-refractivity contribution in [2.45, 2.75) is 32.2 Å². The maximum absolute atomic E-state index is 12.1. The van der Waals surface area contributed by atoms with E-state index in [1.807, 2.05) is 41.6 Å². The number of fused-ring (bicyclic) bond motifs is 3. The summed E-state index contributed by atoms with van der Waals surface area (Å²) in [5.74, 6) is 0.161. The fraction of sp³-hybridized carbons (Fsp3) is 0.545. The van der Waals surface area contributed by atoms with Gasteiger partial charge in [-0.3, -0.25) is 4.79 Å². The molecule has 1 fully saturated rings. The molecule has 1 saturated heterocycles. The van der Waals surface area contributed by atoms with Gasteiger partial charge >= 0.3 is 0 Å². The van der Waals surface area contributed by atoms with E-state index < -0.39 is 0 Å². The van der Waals surface area contributed by atoms with Crippen molar-refractivity contribution < 1.29 is 9.53 Å². The maximum Gasteiger partial charge on any atom is 0.248 e. The van der Waals surface area contributed by atoms with E-state index in [2.05, 4.69) is 0 Å². The van der Waals surface area contributed by atoms with E-state index >= 15 is 0 Å². The molecule has 0 aromatic carbocycles. The highest BCUT2D eigenvalue weighted by Crippen LogP contribution is 2.38. The summed E-state index contributed by atoms with van der Waals surface area (Å²) >= 11 is 0. The molecule has 0 spiro atoms. The van der Waals surface area contributed by atoms with E-state index in [9.17, 15) is 4.79 Å². The molecule has 4 heteroatoms. The Morgan fingerprint density at radius 3 is 3.07 bits per heavy atom. The third-order valence-electron chi connectivity index (χ3n) is 3.32. The number of ether oxygens (including phenoxy) is 1.